The van der Waals surface area contributed by atoms with Crippen LogP contribution in [-0.2, 0) is 9.59 Å². The Morgan fingerprint density at radius 3 is 2.43 bits per heavy atom. The molecular formula is C29H26N2O4. The lowest BCUT2D eigenvalue weighted by atomic mass is 9.82. The van der Waals surface area contributed by atoms with Crippen LogP contribution >= 0.6 is 0 Å². The summed E-state index contributed by atoms with van der Waals surface area (Å²) in [6, 6.07) is 21.5. The molecule has 3 aromatic rings. The van der Waals surface area contributed by atoms with Gasteiger partial charge in [0.05, 0.1) is 17.5 Å². The van der Waals surface area contributed by atoms with Crippen LogP contribution in [0.1, 0.15) is 35.7 Å². The average molecular weight is 467 g/mol. The topological polar surface area (TPSA) is 75.7 Å². The van der Waals surface area contributed by atoms with E-state index in [4.69, 9.17) is 4.74 Å². The number of carbonyl (C=O) groups is 3. The summed E-state index contributed by atoms with van der Waals surface area (Å²) in [5, 5.41) is 2.87. The fourth-order valence-electron chi connectivity index (χ4n) is 4.69. The number of para-hydroxylation sites is 1. The van der Waals surface area contributed by atoms with Crippen LogP contribution in [0.3, 0.4) is 0 Å². The Labute approximate surface area is 204 Å². The maximum atomic E-state index is 13.0. The zero-order valence-electron chi connectivity index (χ0n) is 19.7. The highest BCUT2D eigenvalue weighted by Crippen LogP contribution is 2.40. The lowest BCUT2D eigenvalue weighted by molar-refractivity contribution is -0.122. The number of carbonyl (C=O) groups excluding carboxylic acids is 3. The molecule has 2 atom stereocenters. The molecule has 1 heterocycles. The van der Waals surface area contributed by atoms with Gasteiger partial charge in [-0.2, -0.15) is 0 Å². The molecule has 35 heavy (non-hydrogen) atoms. The van der Waals surface area contributed by atoms with Crippen LogP contribution in [-0.4, -0.2) is 17.7 Å². The molecule has 3 amide bonds. The molecule has 3 aromatic carbocycles. The first-order chi connectivity index (χ1) is 16.9. The second kappa shape index (κ2) is 9.22. The number of ether oxygens (including phenoxy) is 1. The molecule has 1 aliphatic carbocycles. The van der Waals surface area contributed by atoms with Gasteiger partial charge in [0.2, 0.25) is 11.8 Å². The number of benzene rings is 3. The third-order valence-corrected chi connectivity index (χ3v) is 6.62. The number of nitrogens with one attached hydrogen (secondary N) is 1. The Morgan fingerprint density at radius 1 is 0.914 bits per heavy atom. The summed E-state index contributed by atoms with van der Waals surface area (Å²) in [4.78, 5) is 40.2. The van der Waals surface area contributed by atoms with Crippen LogP contribution in [0.15, 0.2) is 84.4 Å². The molecule has 1 N–H and O–H groups in total. The van der Waals surface area contributed by atoms with E-state index in [-0.39, 0.29) is 29.6 Å². The number of nitrogens with zero attached hydrogens (tertiary/aromatic N) is 1. The smallest absolute Gasteiger partial charge is 0.255 e. The number of anilines is 2. The van der Waals surface area contributed by atoms with Crippen molar-refractivity contribution >= 4 is 29.1 Å². The molecule has 0 bridgehead atoms. The number of allylic oxidation sites excluding steroid dienone is 2. The summed E-state index contributed by atoms with van der Waals surface area (Å²) in [6.07, 6.45) is 3.23. The van der Waals surface area contributed by atoms with Gasteiger partial charge in [0.1, 0.15) is 11.5 Å². The van der Waals surface area contributed by atoms with E-state index in [1.165, 1.54) is 4.90 Å². The zero-order valence-corrected chi connectivity index (χ0v) is 19.7. The fourth-order valence-corrected chi connectivity index (χ4v) is 4.69. The summed E-state index contributed by atoms with van der Waals surface area (Å²) in [7, 11) is 0. The van der Waals surface area contributed by atoms with Gasteiger partial charge in [-0.15, -0.1) is 0 Å². The van der Waals surface area contributed by atoms with Crippen molar-refractivity contribution in [2.75, 3.05) is 10.2 Å². The number of aryl methyl sites for hydroxylation is 1. The molecule has 1 fully saturated rings. The molecule has 6 heteroatoms. The van der Waals surface area contributed by atoms with Crippen LogP contribution in [0.4, 0.5) is 11.4 Å². The molecule has 6 nitrogen and oxygen atoms in total. The largest absolute Gasteiger partial charge is 0.457 e. The van der Waals surface area contributed by atoms with E-state index >= 15 is 0 Å². The predicted molar refractivity (Wildman–Crippen MR) is 135 cm³/mol. The quantitative estimate of drug-likeness (QED) is 0.376. The van der Waals surface area contributed by atoms with E-state index < -0.39 is 0 Å². The van der Waals surface area contributed by atoms with Gasteiger partial charge in [0.25, 0.3) is 5.91 Å². The Balaban J connectivity index is 1.29. The lowest BCUT2D eigenvalue weighted by Gasteiger charge is -2.18. The molecule has 0 spiro atoms. The SMILES string of the molecule is CC1=CC[C@@H]2C(=O)N(c3cccc(C(=O)Nc4ccc(Oc5ccccc5C)cc4)c3)C(=O)[C@@H]2C1. The Kier molecular flexibility index (Phi) is 5.95. The number of amides is 3. The van der Waals surface area contributed by atoms with Crippen LogP contribution in [0.2, 0.25) is 0 Å². The lowest BCUT2D eigenvalue weighted by Crippen LogP contribution is -2.31. The van der Waals surface area contributed by atoms with Crippen LogP contribution in [0.5, 0.6) is 11.5 Å². The second-order valence-corrected chi connectivity index (χ2v) is 9.11. The molecule has 0 saturated carbocycles. The number of hydrogen-bond donors (Lipinski definition) is 1. The molecule has 0 radical (unpaired) electrons. The minimum Gasteiger partial charge on any atom is -0.457 e. The maximum Gasteiger partial charge on any atom is 0.255 e. The van der Waals surface area contributed by atoms with Crippen molar-refractivity contribution in [2.24, 2.45) is 11.8 Å². The van der Waals surface area contributed by atoms with Gasteiger partial charge in [-0.25, -0.2) is 0 Å². The molecule has 1 saturated heterocycles. The van der Waals surface area contributed by atoms with Crippen molar-refractivity contribution in [2.45, 2.75) is 26.7 Å². The normalized spacial score (nSPS) is 19.3. The Morgan fingerprint density at radius 2 is 1.66 bits per heavy atom. The average Bonchev–Trinajstić information content (AvgIpc) is 3.11. The summed E-state index contributed by atoms with van der Waals surface area (Å²) in [5.41, 5.74) is 3.58. The minimum atomic E-state index is -0.326. The molecule has 0 aromatic heterocycles. The summed E-state index contributed by atoms with van der Waals surface area (Å²) in [6.45, 7) is 3.97. The van der Waals surface area contributed by atoms with Crippen LogP contribution < -0.4 is 15.0 Å². The summed E-state index contributed by atoms with van der Waals surface area (Å²) in [5.74, 6) is 0.108. The number of imide groups is 1. The fraction of sp³-hybridized carbons (Fsp3) is 0.207. The van der Waals surface area contributed by atoms with Gasteiger partial charge >= 0.3 is 0 Å². The van der Waals surface area contributed by atoms with Crippen LogP contribution in [0, 0.1) is 18.8 Å². The van der Waals surface area contributed by atoms with Crippen LogP contribution in [0.25, 0.3) is 0 Å². The van der Waals surface area contributed by atoms with E-state index in [1.807, 2.05) is 44.2 Å². The summed E-state index contributed by atoms with van der Waals surface area (Å²) < 4.78 is 5.91. The maximum absolute atomic E-state index is 13.0. The second-order valence-electron chi connectivity index (χ2n) is 9.11. The van der Waals surface area contributed by atoms with Gasteiger partial charge < -0.3 is 10.1 Å². The molecule has 1 aliphatic heterocycles. The highest BCUT2D eigenvalue weighted by molar-refractivity contribution is 6.22. The Bertz CT molecular complexity index is 1340. The monoisotopic (exact) mass is 466 g/mol. The first-order valence-corrected chi connectivity index (χ1v) is 11.7. The van der Waals surface area contributed by atoms with E-state index in [0.717, 1.165) is 16.9 Å². The molecule has 5 rings (SSSR count). The van der Waals surface area contributed by atoms with Crippen molar-refractivity contribution < 1.29 is 19.1 Å². The van der Waals surface area contributed by atoms with Gasteiger partial charge in [0, 0.05) is 11.3 Å². The molecule has 0 unspecified atom stereocenters. The molecule has 2 aliphatic rings. The Hall–Kier alpha value is -4.19. The zero-order chi connectivity index (χ0) is 24.5. The van der Waals surface area contributed by atoms with Crippen molar-refractivity contribution in [3.05, 3.63) is 95.6 Å². The van der Waals surface area contributed by atoms with E-state index in [2.05, 4.69) is 5.32 Å². The predicted octanol–water partition coefficient (Wildman–Crippen LogP) is 5.89. The minimum absolute atomic E-state index is 0.186. The van der Waals surface area contributed by atoms with Crippen molar-refractivity contribution in [1.82, 2.24) is 0 Å². The van der Waals surface area contributed by atoms with Gasteiger partial charge in [0.15, 0.2) is 0 Å². The van der Waals surface area contributed by atoms with Gasteiger partial charge in [-0.05, 0) is 80.8 Å². The van der Waals surface area contributed by atoms with Gasteiger partial charge in [-0.1, -0.05) is 35.9 Å². The molecular weight excluding hydrogens is 440 g/mol. The van der Waals surface area contributed by atoms with E-state index in [0.29, 0.717) is 35.5 Å². The highest BCUT2D eigenvalue weighted by Gasteiger charge is 2.48. The van der Waals surface area contributed by atoms with Crippen molar-refractivity contribution in [3.8, 4) is 11.5 Å². The van der Waals surface area contributed by atoms with E-state index in [1.54, 1.807) is 48.5 Å². The number of rotatable bonds is 5. The first kappa shape index (κ1) is 22.6. The van der Waals surface area contributed by atoms with E-state index in [9.17, 15) is 14.4 Å². The summed E-state index contributed by atoms with van der Waals surface area (Å²) >= 11 is 0. The third kappa shape index (κ3) is 4.47. The molecule has 176 valence electrons. The standard InChI is InChI=1S/C29H26N2O4/c1-18-10-15-24-25(16-18)29(34)31(28(24)33)22-8-5-7-20(17-22)27(32)30-21-11-13-23(14-12-21)35-26-9-4-3-6-19(26)2/h3-14,17,24-25H,15-16H2,1-2H3,(H,30,32)/t24-,25+/m0/s1. The highest BCUT2D eigenvalue weighted by atomic mass is 16.5. The first-order valence-electron chi connectivity index (χ1n) is 11.7. The third-order valence-electron chi connectivity index (χ3n) is 6.62. The van der Waals surface area contributed by atoms with Crippen molar-refractivity contribution in [3.63, 3.8) is 0 Å². The van der Waals surface area contributed by atoms with Crippen molar-refractivity contribution in [1.29, 1.82) is 0 Å². The van der Waals surface area contributed by atoms with Gasteiger partial charge in [-0.3, -0.25) is 19.3 Å². The number of fused-ring (bicyclic) bond motifs is 1. The number of hydrogen-bond acceptors (Lipinski definition) is 4.